The van der Waals surface area contributed by atoms with Crippen molar-refractivity contribution in [3.63, 3.8) is 0 Å². The quantitative estimate of drug-likeness (QED) is 0.764. The van der Waals surface area contributed by atoms with E-state index in [9.17, 15) is 4.79 Å². The molecule has 1 heterocycles. The number of carbonyl (C=O) groups excluding carboxylic acids is 1. The Labute approximate surface area is 148 Å². The molecule has 1 amide bonds. The lowest BCUT2D eigenvalue weighted by Crippen LogP contribution is -2.42. The van der Waals surface area contributed by atoms with Crippen molar-refractivity contribution in [3.8, 4) is 0 Å². The molecule has 5 nitrogen and oxygen atoms in total. The molecule has 2 N–H and O–H groups in total. The van der Waals surface area contributed by atoms with E-state index in [1.807, 2.05) is 30.3 Å². The molecule has 2 rings (SSSR count). The lowest BCUT2D eigenvalue weighted by Gasteiger charge is -2.30. The van der Waals surface area contributed by atoms with Crippen LogP contribution in [-0.2, 0) is 0 Å². The summed E-state index contributed by atoms with van der Waals surface area (Å²) in [6.07, 6.45) is 0. The first-order valence-electron chi connectivity index (χ1n) is 8.29. The largest absolute Gasteiger partial charge is 0.349 e. The van der Waals surface area contributed by atoms with Gasteiger partial charge in [0.15, 0.2) is 5.13 Å². The number of hydrogen-bond acceptors (Lipinski definition) is 5. The summed E-state index contributed by atoms with van der Waals surface area (Å²) in [6, 6.07) is 10.7. The van der Waals surface area contributed by atoms with Crippen LogP contribution >= 0.6 is 11.3 Å². The Bertz CT molecular complexity index is 631. The Morgan fingerprint density at radius 1 is 1.17 bits per heavy atom. The van der Waals surface area contributed by atoms with E-state index >= 15 is 0 Å². The van der Waals surface area contributed by atoms with Crippen molar-refractivity contribution in [2.75, 3.05) is 18.4 Å². The minimum atomic E-state index is -0.125. The van der Waals surface area contributed by atoms with Crippen LogP contribution in [0.4, 0.5) is 10.8 Å². The number of anilines is 2. The summed E-state index contributed by atoms with van der Waals surface area (Å²) < 4.78 is 0. The number of nitrogens with one attached hydrogen (secondary N) is 2. The van der Waals surface area contributed by atoms with Crippen molar-refractivity contribution in [2.45, 2.75) is 39.8 Å². The smallest absolute Gasteiger partial charge is 0.270 e. The molecule has 0 bridgehead atoms. The Morgan fingerprint density at radius 2 is 1.83 bits per heavy atom. The average molecular weight is 347 g/mol. The van der Waals surface area contributed by atoms with Gasteiger partial charge in [0.25, 0.3) is 5.91 Å². The monoisotopic (exact) mass is 346 g/mol. The molecule has 0 saturated heterocycles. The SMILES string of the molecule is CC(C)N(CCNC(=O)c1csc(Nc2ccccc2)n1)C(C)C. The summed E-state index contributed by atoms with van der Waals surface area (Å²) in [4.78, 5) is 18.9. The van der Waals surface area contributed by atoms with Gasteiger partial charge in [-0.15, -0.1) is 11.3 Å². The topological polar surface area (TPSA) is 57.3 Å². The molecule has 0 fully saturated rings. The van der Waals surface area contributed by atoms with E-state index in [2.05, 4.69) is 48.2 Å². The van der Waals surface area contributed by atoms with Gasteiger partial charge >= 0.3 is 0 Å². The first-order valence-corrected chi connectivity index (χ1v) is 9.17. The molecule has 1 aromatic carbocycles. The van der Waals surface area contributed by atoms with Crippen molar-refractivity contribution in [1.82, 2.24) is 15.2 Å². The summed E-state index contributed by atoms with van der Waals surface area (Å²) in [5.41, 5.74) is 1.42. The lowest BCUT2D eigenvalue weighted by molar-refractivity contribution is 0.0935. The zero-order valence-corrected chi connectivity index (χ0v) is 15.6. The van der Waals surface area contributed by atoms with E-state index in [-0.39, 0.29) is 5.91 Å². The summed E-state index contributed by atoms with van der Waals surface area (Å²) in [6.45, 7) is 10.1. The van der Waals surface area contributed by atoms with Gasteiger partial charge in [-0.05, 0) is 39.8 Å². The summed E-state index contributed by atoms with van der Waals surface area (Å²) in [5.74, 6) is -0.125. The standard InChI is InChI=1S/C18H26N4OS/c1-13(2)22(14(3)4)11-10-19-17(23)16-12-24-18(21-16)20-15-8-6-5-7-9-15/h5-9,12-14H,10-11H2,1-4H3,(H,19,23)(H,20,21). The van der Waals surface area contributed by atoms with E-state index in [1.165, 1.54) is 11.3 Å². The second-order valence-corrected chi connectivity index (χ2v) is 7.07. The molecular formula is C18H26N4OS. The molecule has 2 aromatic rings. The molecule has 0 aliphatic carbocycles. The molecule has 0 unspecified atom stereocenters. The summed E-state index contributed by atoms with van der Waals surface area (Å²) in [7, 11) is 0. The van der Waals surface area contributed by atoms with Crippen LogP contribution in [0.1, 0.15) is 38.2 Å². The maximum atomic E-state index is 12.2. The molecule has 0 saturated carbocycles. The zero-order chi connectivity index (χ0) is 17.5. The Balaban J connectivity index is 1.85. The Morgan fingerprint density at radius 3 is 2.46 bits per heavy atom. The first kappa shape index (κ1) is 18.4. The van der Waals surface area contributed by atoms with Crippen molar-refractivity contribution < 1.29 is 4.79 Å². The van der Waals surface area contributed by atoms with Gasteiger partial charge in [-0.25, -0.2) is 4.98 Å². The first-order chi connectivity index (χ1) is 11.5. The number of rotatable bonds is 8. The van der Waals surface area contributed by atoms with Gasteiger partial charge < -0.3 is 10.6 Å². The van der Waals surface area contributed by atoms with Crippen LogP contribution in [0.3, 0.4) is 0 Å². The Kier molecular flexibility index (Phi) is 6.75. The molecule has 1 aromatic heterocycles. The van der Waals surface area contributed by atoms with Gasteiger partial charge in [0.2, 0.25) is 0 Å². The van der Waals surface area contributed by atoms with E-state index in [4.69, 9.17) is 0 Å². The number of para-hydroxylation sites is 1. The second-order valence-electron chi connectivity index (χ2n) is 6.21. The van der Waals surface area contributed by atoms with Crippen LogP contribution < -0.4 is 10.6 Å². The van der Waals surface area contributed by atoms with Crippen molar-refractivity contribution >= 4 is 28.1 Å². The van der Waals surface area contributed by atoms with E-state index in [1.54, 1.807) is 5.38 Å². The van der Waals surface area contributed by atoms with Crippen LogP contribution in [0.25, 0.3) is 0 Å². The van der Waals surface area contributed by atoms with Crippen LogP contribution in [0.2, 0.25) is 0 Å². The van der Waals surface area contributed by atoms with Gasteiger partial charge in [0, 0.05) is 36.2 Å². The highest BCUT2D eigenvalue weighted by Gasteiger charge is 2.14. The minimum absolute atomic E-state index is 0.125. The molecule has 0 aliphatic rings. The van der Waals surface area contributed by atoms with Gasteiger partial charge in [0.1, 0.15) is 5.69 Å². The molecule has 130 valence electrons. The normalized spacial score (nSPS) is 11.3. The lowest BCUT2D eigenvalue weighted by atomic mass is 10.2. The molecular weight excluding hydrogens is 320 g/mol. The minimum Gasteiger partial charge on any atom is -0.349 e. The van der Waals surface area contributed by atoms with Crippen LogP contribution in [0, 0.1) is 0 Å². The number of carbonyl (C=O) groups is 1. The van der Waals surface area contributed by atoms with Gasteiger partial charge in [-0.1, -0.05) is 18.2 Å². The second kappa shape index (κ2) is 8.80. The molecule has 0 radical (unpaired) electrons. The number of aromatic nitrogens is 1. The fourth-order valence-corrected chi connectivity index (χ4v) is 3.29. The zero-order valence-electron chi connectivity index (χ0n) is 14.7. The van der Waals surface area contributed by atoms with Gasteiger partial charge in [0.05, 0.1) is 0 Å². The maximum Gasteiger partial charge on any atom is 0.270 e. The molecule has 24 heavy (non-hydrogen) atoms. The average Bonchev–Trinajstić information content (AvgIpc) is 3.00. The molecule has 0 atom stereocenters. The van der Waals surface area contributed by atoms with Crippen molar-refractivity contribution in [3.05, 3.63) is 41.4 Å². The molecule has 0 spiro atoms. The van der Waals surface area contributed by atoms with Crippen molar-refractivity contribution in [1.29, 1.82) is 0 Å². The maximum absolute atomic E-state index is 12.2. The van der Waals surface area contributed by atoms with Crippen LogP contribution in [0.5, 0.6) is 0 Å². The summed E-state index contributed by atoms with van der Waals surface area (Å²) >= 11 is 1.43. The molecule has 6 heteroatoms. The molecule has 0 aliphatic heterocycles. The predicted octanol–water partition coefficient (Wildman–Crippen LogP) is 3.74. The van der Waals surface area contributed by atoms with E-state index < -0.39 is 0 Å². The summed E-state index contributed by atoms with van der Waals surface area (Å²) in [5, 5.41) is 8.66. The highest BCUT2D eigenvalue weighted by atomic mass is 32.1. The third kappa shape index (κ3) is 5.32. The van der Waals surface area contributed by atoms with Crippen LogP contribution in [-0.4, -0.2) is 41.0 Å². The predicted molar refractivity (Wildman–Crippen MR) is 101 cm³/mol. The fraction of sp³-hybridized carbons (Fsp3) is 0.444. The van der Waals surface area contributed by atoms with Crippen molar-refractivity contribution in [2.24, 2.45) is 0 Å². The Hall–Kier alpha value is -1.92. The van der Waals surface area contributed by atoms with Crippen LogP contribution in [0.15, 0.2) is 35.7 Å². The number of amides is 1. The highest BCUT2D eigenvalue weighted by Crippen LogP contribution is 2.20. The number of hydrogen-bond donors (Lipinski definition) is 2. The third-order valence-electron chi connectivity index (χ3n) is 3.74. The third-order valence-corrected chi connectivity index (χ3v) is 4.50. The van der Waals surface area contributed by atoms with Gasteiger partial charge in [-0.3, -0.25) is 9.69 Å². The fourth-order valence-electron chi connectivity index (χ4n) is 2.58. The van der Waals surface area contributed by atoms with E-state index in [0.29, 0.717) is 24.3 Å². The number of thiazole rings is 1. The number of nitrogens with zero attached hydrogens (tertiary/aromatic N) is 2. The van der Waals surface area contributed by atoms with Gasteiger partial charge in [-0.2, -0.15) is 0 Å². The highest BCUT2D eigenvalue weighted by molar-refractivity contribution is 7.14. The van der Waals surface area contributed by atoms with E-state index in [0.717, 1.165) is 17.4 Å². The number of benzene rings is 1.